The largest absolute Gasteiger partial charge is 0.328 e. The molecular formula is C5H12N2OS. The van der Waals surface area contributed by atoms with Gasteiger partial charge < -0.3 is 5.73 Å². The van der Waals surface area contributed by atoms with Gasteiger partial charge in [0.2, 0.25) is 0 Å². The van der Waals surface area contributed by atoms with Crippen molar-refractivity contribution in [1.82, 2.24) is 4.90 Å². The first-order valence-electron chi connectivity index (χ1n) is 2.68. The number of thioether (sulfide) groups is 1. The van der Waals surface area contributed by atoms with E-state index in [9.17, 15) is 4.79 Å². The highest BCUT2D eigenvalue weighted by molar-refractivity contribution is 8.12. The van der Waals surface area contributed by atoms with Crippen molar-refractivity contribution in [3.05, 3.63) is 0 Å². The van der Waals surface area contributed by atoms with Crippen LogP contribution in [0.25, 0.3) is 0 Å². The smallest absolute Gasteiger partial charge is 0.177 e. The molecule has 0 amide bonds. The lowest BCUT2D eigenvalue weighted by molar-refractivity contribution is 0.389. The van der Waals surface area contributed by atoms with Gasteiger partial charge in [-0.25, -0.2) is 0 Å². The van der Waals surface area contributed by atoms with Gasteiger partial charge in [0.15, 0.2) is 5.62 Å². The Kier molecular flexibility index (Phi) is 4.75. The van der Waals surface area contributed by atoms with E-state index in [1.54, 1.807) is 0 Å². The van der Waals surface area contributed by atoms with Gasteiger partial charge in [0.25, 0.3) is 0 Å². The molecular weight excluding hydrogens is 136 g/mol. The molecule has 0 aromatic heterocycles. The molecule has 0 aliphatic carbocycles. The van der Waals surface area contributed by atoms with Crippen LogP contribution in [-0.4, -0.2) is 36.5 Å². The first kappa shape index (κ1) is 8.94. The molecule has 0 saturated carbocycles. The van der Waals surface area contributed by atoms with Crippen LogP contribution in [-0.2, 0) is 4.79 Å². The quantitative estimate of drug-likeness (QED) is 0.441. The topological polar surface area (TPSA) is 46.3 Å². The van der Waals surface area contributed by atoms with Crippen molar-refractivity contribution < 1.29 is 4.79 Å². The van der Waals surface area contributed by atoms with Gasteiger partial charge in [-0.05, 0) is 14.1 Å². The Morgan fingerprint density at radius 3 is 2.44 bits per heavy atom. The summed E-state index contributed by atoms with van der Waals surface area (Å²) in [5.41, 5.74) is 6.16. The zero-order valence-corrected chi connectivity index (χ0v) is 6.52. The number of hydrogen-bond acceptors (Lipinski definition) is 4. The van der Waals surface area contributed by atoms with Crippen molar-refractivity contribution in [3.8, 4) is 0 Å². The molecule has 1 unspecified atom stereocenters. The Morgan fingerprint density at radius 1 is 1.78 bits per heavy atom. The molecule has 0 aliphatic rings. The van der Waals surface area contributed by atoms with Crippen molar-refractivity contribution in [2.75, 3.05) is 20.6 Å². The highest BCUT2D eigenvalue weighted by Gasteiger charge is 2.06. The fourth-order valence-corrected chi connectivity index (χ4v) is 0.935. The summed E-state index contributed by atoms with van der Waals surface area (Å²) in [6.07, 6.45) is 0. The van der Waals surface area contributed by atoms with Crippen LogP contribution in [0.4, 0.5) is 0 Å². The molecule has 4 heteroatoms. The van der Waals surface area contributed by atoms with E-state index in [-0.39, 0.29) is 5.37 Å². The highest BCUT2D eigenvalue weighted by Crippen LogP contribution is 2.06. The minimum absolute atomic E-state index is 0.127. The summed E-state index contributed by atoms with van der Waals surface area (Å²) in [4.78, 5) is 11.9. The molecule has 0 rings (SSSR count). The van der Waals surface area contributed by atoms with Gasteiger partial charge in [0, 0.05) is 6.54 Å². The van der Waals surface area contributed by atoms with Crippen molar-refractivity contribution in [2.24, 2.45) is 5.73 Å². The summed E-state index contributed by atoms with van der Waals surface area (Å²) < 4.78 is 0. The molecule has 0 aromatic carbocycles. The van der Waals surface area contributed by atoms with Crippen LogP contribution in [0.3, 0.4) is 0 Å². The van der Waals surface area contributed by atoms with Gasteiger partial charge in [-0.1, -0.05) is 11.8 Å². The summed E-state index contributed by atoms with van der Waals surface area (Å²) >= 11 is 1.20. The SMILES string of the molecule is CN(C)C(CN)SC=O. The number of carbonyl (C=O) groups is 1. The van der Waals surface area contributed by atoms with E-state index in [1.165, 1.54) is 11.8 Å². The molecule has 9 heavy (non-hydrogen) atoms. The molecule has 54 valence electrons. The van der Waals surface area contributed by atoms with Gasteiger partial charge in [-0.15, -0.1) is 0 Å². The van der Waals surface area contributed by atoms with Crippen molar-refractivity contribution >= 4 is 17.4 Å². The second kappa shape index (κ2) is 4.78. The van der Waals surface area contributed by atoms with E-state index in [2.05, 4.69) is 0 Å². The summed E-state index contributed by atoms with van der Waals surface area (Å²) in [6, 6.07) is 0. The maximum absolute atomic E-state index is 9.96. The molecule has 0 fully saturated rings. The van der Waals surface area contributed by atoms with Gasteiger partial charge >= 0.3 is 0 Å². The van der Waals surface area contributed by atoms with Crippen LogP contribution in [0.2, 0.25) is 0 Å². The number of rotatable bonds is 4. The predicted octanol–water partition coefficient (Wildman–Crippen LogP) is -0.244. The Morgan fingerprint density at radius 2 is 2.33 bits per heavy atom. The third kappa shape index (κ3) is 3.51. The van der Waals surface area contributed by atoms with Crippen molar-refractivity contribution in [3.63, 3.8) is 0 Å². The molecule has 0 saturated heterocycles. The second-order valence-corrected chi connectivity index (χ2v) is 2.90. The normalized spacial score (nSPS) is 13.8. The standard InChI is InChI=1S/C5H12N2OS/c1-7(2)5(3-6)9-4-8/h4-5H,3,6H2,1-2H3. The molecule has 0 radical (unpaired) electrons. The zero-order chi connectivity index (χ0) is 7.28. The summed E-state index contributed by atoms with van der Waals surface area (Å²) in [5, 5.41) is 0.127. The Bertz CT molecular complexity index is 87.0. The lowest BCUT2D eigenvalue weighted by atomic mass is 10.6. The van der Waals surface area contributed by atoms with Crippen molar-refractivity contribution in [1.29, 1.82) is 0 Å². The molecule has 0 aliphatic heterocycles. The van der Waals surface area contributed by atoms with Crippen LogP contribution < -0.4 is 5.73 Å². The number of carbonyl (C=O) groups excluding carboxylic acids is 1. The van der Waals surface area contributed by atoms with E-state index >= 15 is 0 Å². The van der Waals surface area contributed by atoms with Gasteiger partial charge in [-0.2, -0.15) is 0 Å². The summed E-state index contributed by atoms with van der Waals surface area (Å²) in [6.45, 7) is 0.510. The minimum Gasteiger partial charge on any atom is -0.328 e. The monoisotopic (exact) mass is 148 g/mol. The average molecular weight is 148 g/mol. The number of nitrogens with zero attached hydrogens (tertiary/aromatic N) is 1. The fraction of sp³-hybridized carbons (Fsp3) is 0.800. The third-order valence-corrected chi connectivity index (χ3v) is 2.03. The molecule has 0 bridgehead atoms. The van der Waals surface area contributed by atoms with E-state index in [4.69, 9.17) is 5.73 Å². The van der Waals surface area contributed by atoms with Gasteiger partial charge in [0.1, 0.15) is 0 Å². The van der Waals surface area contributed by atoms with Gasteiger partial charge in [0.05, 0.1) is 5.37 Å². The van der Waals surface area contributed by atoms with Crippen LogP contribution in [0.5, 0.6) is 0 Å². The van der Waals surface area contributed by atoms with Crippen LogP contribution in [0, 0.1) is 0 Å². The highest BCUT2D eigenvalue weighted by atomic mass is 32.2. The number of nitrogens with two attached hydrogens (primary N) is 1. The molecule has 2 N–H and O–H groups in total. The van der Waals surface area contributed by atoms with Gasteiger partial charge in [-0.3, -0.25) is 9.69 Å². The minimum atomic E-state index is 0.127. The number of hydrogen-bond donors (Lipinski definition) is 1. The van der Waals surface area contributed by atoms with E-state index in [0.29, 0.717) is 6.54 Å². The molecule has 3 nitrogen and oxygen atoms in total. The Balaban J connectivity index is 3.53. The third-order valence-electron chi connectivity index (χ3n) is 0.990. The molecule has 0 heterocycles. The number of likely N-dealkylation sites (N-methyl/N-ethyl adjacent to an activating group) is 1. The van der Waals surface area contributed by atoms with Crippen LogP contribution in [0.1, 0.15) is 0 Å². The Hall–Kier alpha value is -0.0600. The fourth-order valence-electron chi connectivity index (χ4n) is 0.452. The summed E-state index contributed by atoms with van der Waals surface area (Å²) in [7, 11) is 3.79. The molecule has 0 spiro atoms. The van der Waals surface area contributed by atoms with Crippen LogP contribution in [0.15, 0.2) is 0 Å². The van der Waals surface area contributed by atoms with Crippen LogP contribution >= 0.6 is 11.8 Å². The van der Waals surface area contributed by atoms with E-state index < -0.39 is 0 Å². The Labute approximate surface area is 59.6 Å². The average Bonchev–Trinajstić information content (AvgIpc) is 1.82. The molecule has 0 aromatic rings. The van der Waals surface area contributed by atoms with E-state index in [0.717, 1.165) is 5.62 Å². The second-order valence-electron chi connectivity index (χ2n) is 1.89. The maximum Gasteiger partial charge on any atom is 0.177 e. The lowest BCUT2D eigenvalue weighted by Crippen LogP contribution is -2.32. The predicted molar refractivity (Wildman–Crippen MR) is 40.9 cm³/mol. The summed E-state index contributed by atoms with van der Waals surface area (Å²) in [5.74, 6) is 0. The van der Waals surface area contributed by atoms with Crippen molar-refractivity contribution in [2.45, 2.75) is 5.37 Å². The first-order chi connectivity index (χ1) is 4.22. The van der Waals surface area contributed by atoms with E-state index in [1.807, 2.05) is 19.0 Å². The first-order valence-corrected chi connectivity index (χ1v) is 3.62. The molecule has 1 atom stereocenters. The maximum atomic E-state index is 9.96. The zero-order valence-electron chi connectivity index (χ0n) is 5.70. The lowest BCUT2D eigenvalue weighted by Gasteiger charge is -2.18.